The number of rotatable bonds is 3. The van der Waals surface area contributed by atoms with E-state index in [4.69, 9.17) is 5.73 Å². The van der Waals surface area contributed by atoms with Gasteiger partial charge >= 0.3 is 0 Å². The molecule has 0 bridgehead atoms. The maximum absolute atomic E-state index is 6.30. The van der Waals surface area contributed by atoms with Gasteiger partial charge in [0, 0.05) is 19.0 Å². The third kappa shape index (κ3) is 2.74. The van der Waals surface area contributed by atoms with E-state index in [2.05, 4.69) is 28.0 Å². The summed E-state index contributed by atoms with van der Waals surface area (Å²) in [4.78, 5) is 0. The summed E-state index contributed by atoms with van der Waals surface area (Å²) in [6, 6.07) is 0.287. The minimum Gasteiger partial charge on any atom is -0.327 e. The molecule has 17 heavy (non-hydrogen) atoms. The maximum Gasteiger partial charge on any atom is 0.0635 e. The van der Waals surface area contributed by atoms with Crippen molar-refractivity contribution >= 4 is 15.9 Å². The van der Waals surface area contributed by atoms with Gasteiger partial charge in [-0.25, -0.2) is 0 Å². The summed E-state index contributed by atoms with van der Waals surface area (Å²) in [5.41, 5.74) is 7.58. The predicted molar refractivity (Wildman–Crippen MR) is 73.9 cm³/mol. The van der Waals surface area contributed by atoms with Gasteiger partial charge in [0.25, 0.3) is 0 Å². The lowest BCUT2D eigenvalue weighted by atomic mass is 9.75. The van der Waals surface area contributed by atoms with Gasteiger partial charge in [0.1, 0.15) is 0 Å². The molecular weight excluding hydrogens is 278 g/mol. The number of nitrogens with two attached hydrogens (primary N) is 1. The van der Waals surface area contributed by atoms with Gasteiger partial charge in [-0.1, -0.05) is 19.8 Å². The lowest BCUT2D eigenvalue weighted by molar-refractivity contribution is 0.266. The average Bonchev–Trinajstić information content (AvgIpc) is 2.62. The molecule has 2 N–H and O–H groups in total. The molecule has 1 heterocycles. The Kier molecular flexibility index (Phi) is 4.26. The van der Waals surface area contributed by atoms with Crippen molar-refractivity contribution in [2.75, 3.05) is 0 Å². The fraction of sp³-hybridized carbons (Fsp3) is 0.769. The molecule has 1 saturated carbocycles. The van der Waals surface area contributed by atoms with Gasteiger partial charge < -0.3 is 5.73 Å². The highest BCUT2D eigenvalue weighted by Gasteiger charge is 2.31. The summed E-state index contributed by atoms with van der Waals surface area (Å²) in [7, 11) is 2.01. The van der Waals surface area contributed by atoms with Crippen LogP contribution in [0.5, 0.6) is 0 Å². The molecule has 1 aliphatic rings. The van der Waals surface area contributed by atoms with E-state index in [0.717, 1.165) is 16.8 Å². The Hall–Kier alpha value is -0.350. The molecule has 3 unspecified atom stereocenters. The second-order valence-electron chi connectivity index (χ2n) is 5.24. The Morgan fingerprint density at radius 3 is 2.88 bits per heavy atom. The fourth-order valence-corrected chi connectivity index (χ4v) is 3.75. The maximum atomic E-state index is 6.30. The molecule has 0 aromatic carbocycles. The SMILES string of the molecule is CCCC1CCC(N)C(c2c(Br)cnn2C)C1. The van der Waals surface area contributed by atoms with Crippen LogP contribution in [0.15, 0.2) is 10.7 Å². The van der Waals surface area contributed by atoms with Crippen molar-refractivity contribution in [3.8, 4) is 0 Å². The average molecular weight is 300 g/mol. The van der Waals surface area contributed by atoms with Crippen molar-refractivity contribution in [2.24, 2.45) is 18.7 Å². The Bertz CT molecular complexity index is 355. The van der Waals surface area contributed by atoms with Crippen molar-refractivity contribution in [2.45, 2.75) is 51.0 Å². The molecule has 4 heteroatoms. The van der Waals surface area contributed by atoms with E-state index in [0.29, 0.717) is 5.92 Å². The van der Waals surface area contributed by atoms with Gasteiger partial charge in [-0.2, -0.15) is 5.10 Å². The van der Waals surface area contributed by atoms with Crippen molar-refractivity contribution in [3.63, 3.8) is 0 Å². The first-order valence-corrected chi connectivity index (χ1v) is 7.35. The first-order chi connectivity index (χ1) is 8.13. The molecule has 0 saturated heterocycles. The minimum atomic E-state index is 0.287. The lowest BCUT2D eigenvalue weighted by Crippen LogP contribution is -2.35. The smallest absolute Gasteiger partial charge is 0.0635 e. The van der Waals surface area contributed by atoms with E-state index in [9.17, 15) is 0 Å². The highest BCUT2D eigenvalue weighted by molar-refractivity contribution is 9.10. The van der Waals surface area contributed by atoms with Crippen LogP contribution in [-0.2, 0) is 7.05 Å². The molecule has 0 aliphatic heterocycles. The second kappa shape index (κ2) is 5.53. The largest absolute Gasteiger partial charge is 0.327 e. The third-order valence-corrected chi connectivity index (χ3v) is 4.61. The van der Waals surface area contributed by atoms with Crippen LogP contribution in [0.4, 0.5) is 0 Å². The number of halogens is 1. The second-order valence-corrected chi connectivity index (χ2v) is 6.09. The molecule has 1 fully saturated rings. The predicted octanol–water partition coefficient (Wildman–Crippen LogP) is 3.19. The zero-order valence-corrected chi connectivity index (χ0v) is 12.3. The van der Waals surface area contributed by atoms with E-state index in [-0.39, 0.29) is 6.04 Å². The van der Waals surface area contributed by atoms with Crippen LogP contribution >= 0.6 is 15.9 Å². The van der Waals surface area contributed by atoms with Crippen molar-refractivity contribution < 1.29 is 0 Å². The molecule has 0 spiro atoms. The van der Waals surface area contributed by atoms with Gasteiger partial charge in [0.05, 0.1) is 16.4 Å². The first kappa shape index (κ1) is 13.1. The molecule has 1 aromatic rings. The van der Waals surface area contributed by atoms with Crippen LogP contribution in [-0.4, -0.2) is 15.8 Å². The van der Waals surface area contributed by atoms with Crippen LogP contribution in [0, 0.1) is 5.92 Å². The van der Waals surface area contributed by atoms with Crippen molar-refractivity contribution in [1.29, 1.82) is 0 Å². The summed E-state index contributed by atoms with van der Waals surface area (Å²) in [6.07, 6.45) is 8.14. The van der Waals surface area contributed by atoms with E-state index in [1.165, 1.54) is 31.4 Å². The highest BCUT2D eigenvalue weighted by Crippen LogP contribution is 2.39. The third-order valence-electron chi connectivity index (χ3n) is 4.00. The van der Waals surface area contributed by atoms with Gasteiger partial charge in [0.15, 0.2) is 0 Å². The molecule has 1 aliphatic carbocycles. The topological polar surface area (TPSA) is 43.8 Å². The molecule has 3 atom stereocenters. The van der Waals surface area contributed by atoms with Crippen LogP contribution in [0.25, 0.3) is 0 Å². The molecule has 0 amide bonds. The first-order valence-electron chi connectivity index (χ1n) is 6.56. The molecule has 0 radical (unpaired) electrons. The van der Waals surface area contributed by atoms with Crippen LogP contribution in [0.2, 0.25) is 0 Å². The van der Waals surface area contributed by atoms with E-state index < -0.39 is 0 Å². The lowest BCUT2D eigenvalue weighted by Gasteiger charge is -2.34. The van der Waals surface area contributed by atoms with Crippen LogP contribution in [0.3, 0.4) is 0 Å². The zero-order chi connectivity index (χ0) is 12.4. The number of aromatic nitrogens is 2. The van der Waals surface area contributed by atoms with Gasteiger partial charge in [-0.15, -0.1) is 0 Å². The Balaban J connectivity index is 2.18. The summed E-state index contributed by atoms with van der Waals surface area (Å²) < 4.78 is 3.08. The number of hydrogen-bond donors (Lipinski definition) is 1. The number of nitrogens with zero attached hydrogens (tertiary/aromatic N) is 2. The Morgan fingerprint density at radius 1 is 1.53 bits per heavy atom. The van der Waals surface area contributed by atoms with E-state index >= 15 is 0 Å². The van der Waals surface area contributed by atoms with Crippen molar-refractivity contribution in [1.82, 2.24) is 9.78 Å². The Labute approximate surface area is 112 Å². The number of aryl methyl sites for hydroxylation is 1. The fourth-order valence-electron chi connectivity index (χ4n) is 3.10. The van der Waals surface area contributed by atoms with Gasteiger partial charge in [-0.05, 0) is 41.1 Å². The molecular formula is C13H22BrN3. The summed E-state index contributed by atoms with van der Waals surface area (Å²) in [5.74, 6) is 1.30. The monoisotopic (exact) mass is 299 g/mol. The normalized spacial score (nSPS) is 29.5. The van der Waals surface area contributed by atoms with Gasteiger partial charge in [-0.3, -0.25) is 4.68 Å². The van der Waals surface area contributed by atoms with Gasteiger partial charge in [0.2, 0.25) is 0 Å². The molecule has 2 rings (SSSR count). The van der Waals surface area contributed by atoms with Crippen LogP contribution in [0.1, 0.15) is 50.6 Å². The van der Waals surface area contributed by atoms with Crippen LogP contribution < -0.4 is 5.73 Å². The number of hydrogen-bond acceptors (Lipinski definition) is 2. The standard InChI is InChI=1S/C13H22BrN3/c1-3-4-9-5-6-12(15)10(7-9)13-11(14)8-16-17(13)2/h8-10,12H,3-7,15H2,1-2H3. The molecule has 1 aromatic heterocycles. The minimum absolute atomic E-state index is 0.287. The quantitative estimate of drug-likeness (QED) is 0.931. The summed E-state index contributed by atoms with van der Waals surface area (Å²) >= 11 is 3.60. The highest BCUT2D eigenvalue weighted by atomic mass is 79.9. The van der Waals surface area contributed by atoms with E-state index in [1.807, 2.05) is 17.9 Å². The summed E-state index contributed by atoms with van der Waals surface area (Å²) in [5, 5.41) is 4.31. The summed E-state index contributed by atoms with van der Waals surface area (Å²) in [6.45, 7) is 2.27. The van der Waals surface area contributed by atoms with Crippen molar-refractivity contribution in [3.05, 3.63) is 16.4 Å². The zero-order valence-electron chi connectivity index (χ0n) is 10.7. The van der Waals surface area contributed by atoms with E-state index in [1.54, 1.807) is 0 Å². The Morgan fingerprint density at radius 2 is 2.29 bits per heavy atom. The molecule has 96 valence electrons. The molecule has 3 nitrogen and oxygen atoms in total.